The molecule has 1 heterocycles. The van der Waals surface area contributed by atoms with E-state index in [9.17, 15) is 20.4 Å². The van der Waals surface area contributed by atoms with E-state index in [-0.39, 0.29) is 18.3 Å². The topological polar surface area (TPSA) is 159 Å². The average Bonchev–Trinajstić information content (AvgIpc) is 2.65. The first-order valence-electron chi connectivity index (χ1n) is 8.42. The van der Waals surface area contributed by atoms with Crippen LogP contribution in [-0.4, -0.2) is 84.7 Å². The number of aromatic nitrogens is 2. The predicted octanol–water partition coefficient (Wildman–Crippen LogP) is -2.12. The molecule has 0 unspecified atom stereocenters. The molecule has 0 bridgehead atoms. The van der Waals surface area contributed by atoms with Gasteiger partial charge in [0.1, 0.15) is 18.3 Å². The van der Waals surface area contributed by atoms with Crippen molar-refractivity contribution in [1.82, 2.24) is 15.3 Å². The Morgan fingerprint density at radius 3 is 2.20 bits per heavy atom. The first-order valence-corrected chi connectivity index (χ1v) is 8.42. The summed E-state index contributed by atoms with van der Waals surface area (Å²) in [6.07, 6.45) is -0.545. The molecular formula is C16H29N3O6. The summed E-state index contributed by atoms with van der Waals surface area (Å²) in [6, 6.07) is -0.386. The van der Waals surface area contributed by atoms with Crippen LogP contribution in [0.25, 0.3) is 0 Å². The standard InChI is InChI=1S/C16H29N3O6/c1-2-3-4-17-11(13(22)8-20)5-10-6-19-12(7-18-10)15(24)16(25)14(23)9-21/h6-7,11,13-17,20-25H,2-5,8-9H2,1H3/t11-,13+,14+,15+,16+/m0/s1. The lowest BCUT2D eigenvalue weighted by atomic mass is 10.0. The maximum atomic E-state index is 9.92. The highest BCUT2D eigenvalue weighted by Crippen LogP contribution is 2.16. The molecule has 0 aliphatic rings. The first-order chi connectivity index (χ1) is 11.9. The van der Waals surface area contributed by atoms with Gasteiger partial charge in [-0.25, -0.2) is 0 Å². The quantitative estimate of drug-likeness (QED) is 0.207. The molecule has 25 heavy (non-hydrogen) atoms. The fourth-order valence-corrected chi connectivity index (χ4v) is 2.28. The van der Waals surface area contributed by atoms with Gasteiger partial charge in [-0.1, -0.05) is 13.3 Å². The zero-order valence-electron chi connectivity index (χ0n) is 14.4. The smallest absolute Gasteiger partial charge is 0.126 e. The van der Waals surface area contributed by atoms with Gasteiger partial charge in [-0.2, -0.15) is 0 Å². The Kier molecular flexibility index (Phi) is 9.98. The number of unbranched alkanes of at least 4 members (excludes halogenated alkanes) is 1. The molecule has 1 aromatic heterocycles. The van der Waals surface area contributed by atoms with Crippen molar-refractivity contribution < 1.29 is 30.6 Å². The third-order valence-corrected chi connectivity index (χ3v) is 3.95. The molecule has 0 aromatic carbocycles. The Labute approximate surface area is 147 Å². The summed E-state index contributed by atoms with van der Waals surface area (Å²) < 4.78 is 0. The molecule has 0 fully saturated rings. The molecular weight excluding hydrogens is 330 g/mol. The van der Waals surface area contributed by atoms with Crippen LogP contribution in [0.1, 0.15) is 37.3 Å². The van der Waals surface area contributed by atoms with Gasteiger partial charge < -0.3 is 36.0 Å². The second-order valence-electron chi connectivity index (χ2n) is 5.99. The largest absolute Gasteiger partial charge is 0.394 e. The lowest BCUT2D eigenvalue weighted by Gasteiger charge is -2.23. The number of aliphatic hydroxyl groups is 6. The van der Waals surface area contributed by atoms with Gasteiger partial charge >= 0.3 is 0 Å². The average molecular weight is 359 g/mol. The fourth-order valence-electron chi connectivity index (χ4n) is 2.28. The van der Waals surface area contributed by atoms with E-state index >= 15 is 0 Å². The maximum absolute atomic E-state index is 9.92. The number of hydrogen-bond donors (Lipinski definition) is 7. The highest BCUT2D eigenvalue weighted by molar-refractivity contribution is 5.08. The van der Waals surface area contributed by atoms with Crippen LogP contribution in [0.5, 0.6) is 0 Å². The van der Waals surface area contributed by atoms with Crippen LogP contribution in [-0.2, 0) is 6.42 Å². The molecule has 0 amide bonds. The van der Waals surface area contributed by atoms with Crippen molar-refractivity contribution in [2.75, 3.05) is 19.8 Å². The molecule has 1 aromatic rings. The molecule has 9 heteroatoms. The summed E-state index contributed by atoms with van der Waals surface area (Å²) in [5, 5.41) is 60.0. The van der Waals surface area contributed by atoms with Gasteiger partial charge in [0, 0.05) is 18.7 Å². The molecule has 9 nitrogen and oxygen atoms in total. The van der Waals surface area contributed by atoms with Crippen molar-refractivity contribution >= 4 is 0 Å². The monoisotopic (exact) mass is 359 g/mol. The van der Waals surface area contributed by atoms with Crippen LogP contribution in [0.3, 0.4) is 0 Å². The van der Waals surface area contributed by atoms with E-state index in [1.807, 2.05) is 0 Å². The summed E-state index contributed by atoms with van der Waals surface area (Å²) >= 11 is 0. The molecule has 0 radical (unpaired) electrons. The molecule has 0 saturated carbocycles. The van der Waals surface area contributed by atoms with Gasteiger partial charge in [0.25, 0.3) is 0 Å². The highest BCUT2D eigenvalue weighted by Gasteiger charge is 2.27. The minimum absolute atomic E-state index is 0.0574. The summed E-state index contributed by atoms with van der Waals surface area (Å²) in [5.41, 5.74) is 0.594. The van der Waals surface area contributed by atoms with E-state index in [1.165, 1.54) is 12.4 Å². The van der Waals surface area contributed by atoms with Crippen molar-refractivity contribution in [1.29, 1.82) is 0 Å². The fraction of sp³-hybridized carbons (Fsp3) is 0.750. The summed E-state index contributed by atoms with van der Waals surface area (Å²) in [7, 11) is 0. The van der Waals surface area contributed by atoms with E-state index < -0.39 is 31.0 Å². The Balaban J connectivity index is 2.72. The Morgan fingerprint density at radius 2 is 1.68 bits per heavy atom. The SMILES string of the molecule is CCCCN[C@@H](Cc1cnc([C@@H](O)[C@H](O)[C@H](O)CO)cn1)[C@H](O)CO. The molecule has 0 aliphatic carbocycles. The van der Waals surface area contributed by atoms with Crippen LogP contribution in [0, 0.1) is 0 Å². The number of rotatable bonds is 12. The summed E-state index contributed by atoms with van der Waals surface area (Å²) in [5.74, 6) is 0. The molecule has 0 saturated heterocycles. The Morgan fingerprint density at radius 1 is 1.00 bits per heavy atom. The lowest BCUT2D eigenvalue weighted by Crippen LogP contribution is -2.44. The second-order valence-corrected chi connectivity index (χ2v) is 5.99. The van der Waals surface area contributed by atoms with Gasteiger partial charge in [-0.3, -0.25) is 9.97 Å². The third kappa shape index (κ3) is 6.90. The van der Waals surface area contributed by atoms with Gasteiger partial charge in [0.05, 0.1) is 36.9 Å². The zero-order valence-corrected chi connectivity index (χ0v) is 14.4. The van der Waals surface area contributed by atoms with Gasteiger partial charge in [0.2, 0.25) is 0 Å². The summed E-state index contributed by atoms with van der Waals surface area (Å²) in [6.45, 7) is 1.69. The van der Waals surface area contributed by atoms with Crippen molar-refractivity contribution in [2.45, 2.75) is 56.6 Å². The van der Waals surface area contributed by atoms with Crippen LogP contribution in [0.2, 0.25) is 0 Å². The van der Waals surface area contributed by atoms with Gasteiger partial charge in [-0.05, 0) is 13.0 Å². The minimum atomic E-state index is -1.58. The van der Waals surface area contributed by atoms with Gasteiger partial charge in [-0.15, -0.1) is 0 Å². The Bertz CT molecular complexity index is 475. The first kappa shape index (κ1) is 21.8. The Hall–Kier alpha value is -1.20. The number of hydrogen-bond acceptors (Lipinski definition) is 9. The maximum Gasteiger partial charge on any atom is 0.126 e. The number of nitrogens with zero attached hydrogens (tertiary/aromatic N) is 2. The number of nitrogens with one attached hydrogen (secondary N) is 1. The van der Waals surface area contributed by atoms with E-state index in [0.717, 1.165) is 12.8 Å². The van der Waals surface area contributed by atoms with Crippen molar-refractivity contribution in [3.05, 3.63) is 23.8 Å². The van der Waals surface area contributed by atoms with E-state index in [1.54, 1.807) is 0 Å². The predicted molar refractivity (Wildman–Crippen MR) is 89.6 cm³/mol. The van der Waals surface area contributed by atoms with Crippen molar-refractivity contribution in [3.8, 4) is 0 Å². The van der Waals surface area contributed by atoms with Crippen LogP contribution in [0.15, 0.2) is 12.4 Å². The molecule has 0 aliphatic heterocycles. The second kappa shape index (κ2) is 11.4. The zero-order chi connectivity index (χ0) is 18.8. The summed E-state index contributed by atoms with van der Waals surface area (Å²) in [4.78, 5) is 8.16. The van der Waals surface area contributed by atoms with Crippen LogP contribution in [0.4, 0.5) is 0 Å². The van der Waals surface area contributed by atoms with E-state index in [2.05, 4.69) is 22.2 Å². The third-order valence-electron chi connectivity index (χ3n) is 3.95. The highest BCUT2D eigenvalue weighted by atomic mass is 16.4. The van der Waals surface area contributed by atoms with E-state index in [0.29, 0.717) is 18.7 Å². The van der Waals surface area contributed by atoms with E-state index in [4.69, 9.17) is 10.2 Å². The molecule has 0 spiro atoms. The molecule has 144 valence electrons. The lowest BCUT2D eigenvalue weighted by molar-refractivity contribution is -0.0790. The van der Waals surface area contributed by atoms with Gasteiger partial charge in [0.15, 0.2) is 0 Å². The normalized spacial score (nSPS) is 17.7. The number of aliphatic hydroxyl groups excluding tert-OH is 6. The van der Waals surface area contributed by atoms with Crippen LogP contribution < -0.4 is 5.32 Å². The van der Waals surface area contributed by atoms with Crippen molar-refractivity contribution in [3.63, 3.8) is 0 Å². The minimum Gasteiger partial charge on any atom is -0.394 e. The van der Waals surface area contributed by atoms with Crippen LogP contribution >= 0.6 is 0 Å². The molecule has 5 atom stereocenters. The molecule has 7 N–H and O–H groups in total. The van der Waals surface area contributed by atoms with Crippen molar-refractivity contribution in [2.24, 2.45) is 0 Å². The molecule has 1 rings (SSSR count).